The molecule has 6 nitrogen and oxygen atoms in total. The van der Waals surface area contributed by atoms with Gasteiger partial charge in [0, 0.05) is 11.4 Å². The summed E-state index contributed by atoms with van der Waals surface area (Å²) in [6.45, 7) is 1.61. The Morgan fingerprint density at radius 1 is 1.32 bits per heavy atom. The summed E-state index contributed by atoms with van der Waals surface area (Å²) in [4.78, 5) is 27.6. The second-order valence-electron chi connectivity index (χ2n) is 4.33. The molecule has 0 aliphatic heterocycles. The SMILES string of the molecule is CCc1ocnc1C(=O)NCC(=O)Nc1cc(Cl)ccc1Cl. The zero-order valence-electron chi connectivity index (χ0n) is 11.7. The smallest absolute Gasteiger partial charge is 0.273 e. The number of aromatic nitrogens is 1. The Bertz CT molecular complexity index is 700. The van der Waals surface area contributed by atoms with E-state index in [1.165, 1.54) is 12.5 Å². The number of nitrogens with zero attached hydrogens (tertiary/aromatic N) is 1. The lowest BCUT2D eigenvalue weighted by Gasteiger charge is -2.08. The molecule has 2 aromatic rings. The topological polar surface area (TPSA) is 84.2 Å². The summed E-state index contributed by atoms with van der Waals surface area (Å²) in [6.07, 6.45) is 1.73. The summed E-state index contributed by atoms with van der Waals surface area (Å²) in [6, 6.07) is 4.70. The van der Waals surface area contributed by atoms with E-state index >= 15 is 0 Å². The number of nitrogens with one attached hydrogen (secondary N) is 2. The number of rotatable bonds is 5. The van der Waals surface area contributed by atoms with Crippen LogP contribution in [-0.2, 0) is 11.2 Å². The highest BCUT2D eigenvalue weighted by molar-refractivity contribution is 6.35. The van der Waals surface area contributed by atoms with Crippen LogP contribution in [0.3, 0.4) is 0 Å². The first kappa shape index (κ1) is 16.3. The molecule has 1 heterocycles. The molecule has 116 valence electrons. The zero-order valence-corrected chi connectivity index (χ0v) is 13.2. The number of aryl methyl sites for hydroxylation is 1. The van der Waals surface area contributed by atoms with Crippen LogP contribution in [0, 0.1) is 0 Å². The molecule has 2 amide bonds. The highest BCUT2D eigenvalue weighted by Gasteiger charge is 2.16. The third-order valence-corrected chi connectivity index (χ3v) is 3.35. The number of halogens is 2. The second-order valence-corrected chi connectivity index (χ2v) is 5.18. The van der Waals surface area contributed by atoms with Gasteiger partial charge in [0.2, 0.25) is 5.91 Å². The van der Waals surface area contributed by atoms with Crippen molar-refractivity contribution in [2.75, 3.05) is 11.9 Å². The van der Waals surface area contributed by atoms with Gasteiger partial charge in [0.25, 0.3) is 5.91 Å². The summed E-state index contributed by atoms with van der Waals surface area (Å²) in [5, 5.41) is 5.83. The minimum absolute atomic E-state index is 0.177. The van der Waals surface area contributed by atoms with Crippen molar-refractivity contribution in [1.82, 2.24) is 10.3 Å². The molecular weight excluding hydrogens is 329 g/mol. The number of carbonyl (C=O) groups excluding carboxylic acids is 2. The molecule has 0 aliphatic rings. The normalized spacial score (nSPS) is 10.3. The van der Waals surface area contributed by atoms with Crippen molar-refractivity contribution >= 4 is 40.7 Å². The van der Waals surface area contributed by atoms with E-state index in [1.807, 2.05) is 6.92 Å². The fourth-order valence-corrected chi connectivity index (χ4v) is 2.08. The van der Waals surface area contributed by atoms with Crippen molar-refractivity contribution in [3.8, 4) is 0 Å². The van der Waals surface area contributed by atoms with E-state index in [0.29, 0.717) is 27.9 Å². The molecule has 0 aliphatic carbocycles. The Labute approximate surface area is 136 Å². The summed E-state index contributed by atoms with van der Waals surface area (Å²) < 4.78 is 5.06. The molecule has 0 atom stereocenters. The lowest BCUT2D eigenvalue weighted by atomic mass is 10.2. The van der Waals surface area contributed by atoms with Crippen LogP contribution in [0.2, 0.25) is 10.0 Å². The van der Waals surface area contributed by atoms with E-state index in [4.69, 9.17) is 27.6 Å². The second kappa shape index (κ2) is 7.29. The predicted octanol–water partition coefficient (Wildman–Crippen LogP) is 2.91. The highest BCUT2D eigenvalue weighted by Crippen LogP contribution is 2.25. The molecule has 0 bridgehead atoms. The van der Waals surface area contributed by atoms with E-state index < -0.39 is 11.8 Å². The van der Waals surface area contributed by atoms with Crippen molar-refractivity contribution < 1.29 is 14.0 Å². The van der Waals surface area contributed by atoms with Gasteiger partial charge in [-0.25, -0.2) is 4.98 Å². The number of anilines is 1. The maximum atomic E-state index is 11.9. The van der Waals surface area contributed by atoms with Gasteiger partial charge in [-0.2, -0.15) is 0 Å². The molecule has 22 heavy (non-hydrogen) atoms. The average Bonchev–Trinajstić information content (AvgIpc) is 2.97. The molecule has 0 spiro atoms. The Balaban J connectivity index is 1.93. The van der Waals surface area contributed by atoms with Gasteiger partial charge in [-0.1, -0.05) is 30.1 Å². The van der Waals surface area contributed by atoms with Crippen molar-refractivity contribution in [3.63, 3.8) is 0 Å². The first-order valence-electron chi connectivity index (χ1n) is 6.46. The van der Waals surface area contributed by atoms with Crippen LogP contribution in [0.25, 0.3) is 0 Å². The number of amides is 2. The summed E-state index contributed by atoms with van der Waals surface area (Å²) >= 11 is 11.8. The molecular formula is C14H13Cl2N3O3. The van der Waals surface area contributed by atoms with Gasteiger partial charge in [0.1, 0.15) is 5.76 Å². The fourth-order valence-electron chi connectivity index (χ4n) is 1.74. The summed E-state index contributed by atoms with van der Waals surface area (Å²) in [5.41, 5.74) is 0.556. The third kappa shape index (κ3) is 3.99. The molecule has 8 heteroatoms. The van der Waals surface area contributed by atoms with E-state index in [-0.39, 0.29) is 12.2 Å². The molecule has 0 fully saturated rings. The molecule has 1 aromatic heterocycles. The Morgan fingerprint density at radius 3 is 2.82 bits per heavy atom. The lowest BCUT2D eigenvalue weighted by molar-refractivity contribution is -0.115. The lowest BCUT2D eigenvalue weighted by Crippen LogP contribution is -2.33. The quantitative estimate of drug-likeness (QED) is 0.875. The van der Waals surface area contributed by atoms with E-state index in [9.17, 15) is 9.59 Å². The minimum atomic E-state index is -0.474. The van der Waals surface area contributed by atoms with Crippen LogP contribution in [0.5, 0.6) is 0 Å². The molecule has 0 unspecified atom stereocenters. The predicted molar refractivity (Wildman–Crippen MR) is 83.3 cm³/mol. The Morgan fingerprint density at radius 2 is 2.09 bits per heavy atom. The van der Waals surface area contributed by atoms with E-state index in [1.54, 1.807) is 12.1 Å². The molecule has 0 radical (unpaired) electrons. The molecule has 0 saturated carbocycles. The Hall–Kier alpha value is -2.05. The molecule has 1 aromatic carbocycles. The number of carbonyl (C=O) groups is 2. The number of oxazole rings is 1. The van der Waals surface area contributed by atoms with Gasteiger partial charge in [0.05, 0.1) is 17.3 Å². The Kier molecular flexibility index (Phi) is 5.41. The molecule has 2 rings (SSSR count). The number of hydrogen-bond acceptors (Lipinski definition) is 4. The molecule has 2 N–H and O–H groups in total. The number of benzene rings is 1. The van der Waals surface area contributed by atoms with Crippen LogP contribution in [0.4, 0.5) is 5.69 Å². The maximum absolute atomic E-state index is 11.9. The standard InChI is InChI=1S/C14H13Cl2N3O3/c1-2-11-13(18-7-22-11)14(21)17-6-12(20)19-10-5-8(15)3-4-9(10)16/h3-5,7H,2,6H2,1H3,(H,17,21)(H,19,20). The fraction of sp³-hybridized carbons (Fsp3) is 0.214. The third-order valence-electron chi connectivity index (χ3n) is 2.79. The number of hydrogen-bond donors (Lipinski definition) is 2. The summed E-state index contributed by atoms with van der Waals surface area (Å²) in [5.74, 6) is -0.437. The average molecular weight is 342 g/mol. The van der Waals surface area contributed by atoms with Crippen molar-refractivity contribution in [2.45, 2.75) is 13.3 Å². The van der Waals surface area contributed by atoms with Crippen molar-refractivity contribution in [2.24, 2.45) is 0 Å². The molecule has 0 saturated heterocycles. The van der Waals surface area contributed by atoms with Gasteiger partial charge >= 0.3 is 0 Å². The summed E-state index contributed by atoms with van der Waals surface area (Å²) in [7, 11) is 0. The largest absolute Gasteiger partial charge is 0.448 e. The van der Waals surface area contributed by atoms with Crippen LogP contribution in [-0.4, -0.2) is 23.3 Å². The van der Waals surface area contributed by atoms with Crippen LogP contribution in [0.1, 0.15) is 23.2 Å². The zero-order chi connectivity index (χ0) is 16.1. The van der Waals surface area contributed by atoms with Crippen molar-refractivity contribution in [1.29, 1.82) is 0 Å². The first-order valence-corrected chi connectivity index (χ1v) is 7.22. The first-order chi connectivity index (χ1) is 10.5. The van der Waals surface area contributed by atoms with Gasteiger partial charge in [-0.15, -0.1) is 0 Å². The maximum Gasteiger partial charge on any atom is 0.273 e. The van der Waals surface area contributed by atoms with Crippen LogP contribution in [0.15, 0.2) is 29.0 Å². The van der Waals surface area contributed by atoms with Gasteiger partial charge in [0.15, 0.2) is 12.1 Å². The van der Waals surface area contributed by atoms with Gasteiger partial charge < -0.3 is 15.1 Å². The van der Waals surface area contributed by atoms with Gasteiger partial charge in [-0.3, -0.25) is 9.59 Å². The van der Waals surface area contributed by atoms with Gasteiger partial charge in [-0.05, 0) is 18.2 Å². The van der Waals surface area contributed by atoms with Crippen LogP contribution < -0.4 is 10.6 Å². The van der Waals surface area contributed by atoms with Crippen LogP contribution >= 0.6 is 23.2 Å². The van der Waals surface area contributed by atoms with E-state index in [0.717, 1.165) is 0 Å². The minimum Gasteiger partial charge on any atom is -0.448 e. The van der Waals surface area contributed by atoms with E-state index in [2.05, 4.69) is 15.6 Å². The highest BCUT2D eigenvalue weighted by atomic mass is 35.5. The van der Waals surface area contributed by atoms with Crippen molar-refractivity contribution in [3.05, 3.63) is 46.1 Å². The monoisotopic (exact) mass is 341 g/mol.